The summed E-state index contributed by atoms with van der Waals surface area (Å²) in [5.41, 5.74) is 2.43. The van der Waals surface area contributed by atoms with Crippen molar-refractivity contribution in [3.63, 3.8) is 0 Å². The van der Waals surface area contributed by atoms with Gasteiger partial charge in [-0.2, -0.15) is 0 Å². The Bertz CT molecular complexity index is 936. The highest BCUT2D eigenvalue weighted by Crippen LogP contribution is 2.36. The second-order valence-corrected chi connectivity index (χ2v) is 8.61. The van der Waals surface area contributed by atoms with Crippen LogP contribution >= 0.6 is 0 Å². The van der Waals surface area contributed by atoms with Gasteiger partial charge in [-0.05, 0) is 56.5 Å². The standard InChI is InChI=1S/C25H30N2O4/c1-18(28)25(20-7-3-2-4-8-20)12-14-27(15-13-25)16-21(29)17-31-22-9-5-6-19-10-11-23(30)26-24(19)22/h2-9,21,29H,10-17H2,1H3,(H,26,30). The number of benzene rings is 2. The van der Waals surface area contributed by atoms with Gasteiger partial charge in [-0.25, -0.2) is 0 Å². The summed E-state index contributed by atoms with van der Waals surface area (Å²) < 4.78 is 5.86. The lowest BCUT2D eigenvalue weighted by atomic mass is 9.70. The van der Waals surface area contributed by atoms with Crippen molar-refractivity contribution in [3.05, 3.63) is 59.7 Å². The number of rotatable bonds is 7. The minimum Gasteiger partial charge on any atom is -0.489 e. The summed E-state index contributed by atoms with van der Waals surface area (Å²) in [5.74, 6) is 0.797. The first-order valence-corrected chi connectivity index (χ1v) is 11.0. The molecular formula is C25H30N2O4. The number of β-amino-alcohol motifs (C(OH)–C–C–N with tert-alkyl or cyclic N) is 1. The first-order valence-electron chi connectivity index (χ1n) is 11.0. The van der Waals surface area contributed by atoms with E-state index in [-0.39, 0.29) is 18.3 Å². The number of nitrogens with one attached hydrogen (secondary N) is 1. The largest absolute Gasteiger partial charge is 0.489 e. The van der Waals surface area contributed by atoms with E-state index in [1.165, 1.54) is 0 Å². The lowest BCUT2D eigenvalue weighted by molar-refractivity contribution is -0.124. The number of hydrogen-bond acceptors (Lipinski definition) is 5. The zero-order chi connectivity index (χ0) is 21.8. The Kier molecular flexibility index (Phi) is 6.39. The van der Waals surface area contributed by atoms with E-state index in [1.54, 1.807) is 6.92 Å². The molecule has 1 unspecified atom stereocenters. The van der Waals surface area contributed by atoms with Crippen molar-refractivity contribution < 1.29 is 19.4 Å². The van der Waals surface area contributed by atoms with Gasteiger partial charge in [0.05, 0.1) is 11.1 Å². The van der Waals surface area contributed by atoms with E-state index < -0.39 is 11.5 Å². The maximum absolute atomic E-state index is 12.5. The third kappa shape index (κ3) is 4.65. The topological polar surface area (TPSA) is 78.9 Å². The van der Waals surface area contributed by atoms with Crippen LogP contribution in [-0.4, -0.2) is 54.0 Å². The smallest absolute Gasteiger partial charge is 0.224 e. The number of likely N-dealkylation sites (tertiary alicyclic amines) is 1. The van der Waals surface area contributed by atoms with Crippen LogP contribution in [0.4, 0.5) is 5.69 Å². The molecule has 1 amide bonds. The fourth-order valence-corrected chi connectivity index (χ4v) is 4.75. The van der Waals surface area contributed by atoms with Crippen LogP contribution in [0, 0.1) is 0 Å². The number of amides is 1. The summed E-state index contributed by atoms with van der Waals surface area (Å²) in [4.78, 5) is 26.5. The number of para-hydroxylation sites is 1. The number of fused-ring (bicyclic) bond motifs is 1. The van der Waals surface area contributed by atoms with Crippen LogP contribution in [0.1, 0.15) is 37.3 Å². The number of hydrogen-bond donors (Lipinski definition) is 2. The minimum absolute atomic E-state index is 0.00946. The zero-order valence-corrected chi connectivity index (χ0v) is 18.0. The second-order valence-electron chi connectivity index (χ2n) is 8.61. The Labute approximate surface area is 183 Å². The van der Waals surface area contributed by atoms with Gasteiger partial charge in [0, 0.05) is 13.0 Å². The Balaban J connectivity index is 1.32. The molecule has 2 aromatic rings. The number of Topliss-reactive ketones (excluding diaryl/α,β-unsaturated/α-hetero) is 1. The van der Waals surface area contributed by atoms with Crippen LogP contribution in [0.15, 0.2) is 48.5 Å². The summed E-state index contributed by atoms with van der Waals surface area (Å²) in [5, 5.41) is 13.4. The summed E-state index contributed by atoms with van der Waals surface area (Å²) in [6.45, 7) is 3.83. The van der Waals surface area contributed by atoms with Gasteiger partial charge in [-0.15, -0.1) is 0 Å². The molecule has 2 aliphatic heterocycles. The van der Waals surface area contributed by atoms with Crippen LogP contribution < -0.4 is 10.1 Å². The fourth-order valence-electron chi connectivity index (χ4n) is 4.75. The Morgan fingerprint density at radius 2 is 1.87 bits per heavy atom. The van der Waals surface area contributed by atoms with Crippen LogP contribution in [-0.2, 0) is 21.4 Å². The molecule has 1 fully saturated rings. The lowest BCUT2D eigenvalue weighted by Crippen LogP contribution is -2.48. The number of carbonyl (C=O) groups is 2. The van der Waals surface area contributed by atoms with E-state index in [0.717, 1.165) is 42.7 Å². The number of anilines is 1. The van der Waals surface area contributed by atoms with Crippen molar-refractivity contribution in [2.75, 3.05) is 31.6 Å². The van der Waals surface area contributed by atoms with E-state index >= 15 is 0 Å². The SMILES string of the molecule is CC(=O)C1(c2ccccc2)CCN(CC(O)COc2cccc3c2NC(=O)CC3)CC1. The van der Waals surface area contributed by atoms with Gasteiger partial charge < -0.3 is 20.1 Å². The average molecular weight is 423 g/mol. The van der Waals surface area contributed by atoms with E-state index in [4.69, 9.17) is 4.74 Å². The van der Waals surface area contributed by atoms with Crippen molar-refractivity contribution >= 4 is 17.4 Å². The van der Waals surface area contributed by atoms with Gasteiger partial charge in [0.15, 0.2) is 0 Å². The highest BCUT2D eigenvalue weighted by molar-refractivity contribution is 5.95. The van der Waals surface area contributed by atoms with Gasteiger partial charge in [0.1, 0.15) is 24.2 Å². The predicted octanol–water partition coefficient (Wildman–Crippen LogP) is 2.93. The second kappa shape index (κ2) is 9.20. The number of ketones is 1. The zero-order valence-electron chi connectivity index (χ0n) is 18.0. The molecule has 0 aliphatic carbocycles. The number of aryl methyl sites for hydroxylation is 1. The van der Waals surface area contributed by atoms with Gasteiger partial charge in [-0.1, -0.05) is 42.5 Å². The molecular weight excluding hydrogens is 392 g/mol. The molecule has 2 N–H and O–H groups in total. The highest BCUT2D eigenvalue weighted by Gasteiger charge is 2.40. The summed E-state index contributed by atoms with van der Waals surface area (Å²) in [7, 11) is 0. The average Bonchev–Trinajstić information content (AvgIpc) is 2.78. The first-order chi connectivity index (χ1) is 15.0. The van der Waals surface area contributed by atoms with Crippen molar-refractivity contribution in [2.24, 2.45) is 0 Å². The van der Waals surface area contributed by atoms with Crippen LogP contribution in [0.3, 0.4) is 0 Å². The van der Waals surface area contributed by atoms with Crippen LogP contribution in [0.25, 0.3) is 0 Å². The molecule has 2 aromatic carbocycles. The van der Waals surface area contributed by atoms with Crippen molar-refractivity contribution in [1.29, 1.82) is 0 Å². The lowest BCUT2D eigenvalue weighted by Gasteiger charge is -2.41. The third-order valence-corrected chi connectivity index (χ3v) is 6.61. The maximum atomic E-state index is 12.5. The molecule has 0 saturated carbocycles. The number of nitrogens with zero attached hydrogens (tertiary/aromatic N) is 1. The number of piperidine rings is 1. The molecule has 2 aliphatic rings. The Morgan fingerprint density at radius 3 is 2.58 bits per heavy atom. The van der Waals surface area contributed by atoms with Crippen molar-refractivity contribution in [2.45, 2.75) is 44.1 Å². The Morgan fingerprint density at radius 1 is 1.13 bits per heavy atom. The van der Waals surface area contributed by atoms with E-state index in [0.29, 0.717) is 25.1 Å². The van der Waals surface area contributed by atoms with E-state index in [9.17, 15) is 14.7 Å². The molecule has 31 heavy (non-hydrogen) atoms. The van der Waals surface area contributed by atoms with Gasteiger partial charge in [0.25, 0.3) is 0 Å². The molecule has 164 valence electrons. The minimum atomic E-state index is -0.656. The molecule has 0 spiro atoms. The van der Waals surface area contributed by atoms with Crippen LogP contribution in [0.2, 0.25) is 0 Å². The number of aliphatic hydroxyl groups is 1. The van der Waals surface area contributed by atoms with Crippen molar-refractivity contribution in [3.8, 4) is 5.75 Å². The summed E-state index contributed by atoms with van der Waals surface area (Å²) in [6.07, 6.45) is 2.03. The van der Waals surface area contributed by atoms with Gasteiger partial charge in [-0.3, -0.25) is 9.59 Å². The molecule has 1 atom stereocenters. The molecule has 1 saturated heterocycles. The Hall–Kier alpha value is -2.70. The maximum Gasteiger partial charge on any atom is 0.224 e. The number of ether oxygens (including phenoxy) is 1. The van der Waals surface area contributed by atoms with E-state index in [1.807, 2.05) is 48.5 Å². The molecule has 4 rings (SSSR count). The number of aliphatic hydroxyl groups excluding tert-OH is 1. The molecule has 2 heterocycles. The van der Waals surface area contributed by atoms with Crippen LogP contribution in [0.5, 0.6) is 5.75 Å². The summed E-state index contributed by atoms with van der Waals surface area (Å²) in [6, 6.07) is 15.7. The monoisotopic (exact) mass is 422 g/mol. The van der Waals surface area contributed by atoms with Gasteiger partial charge >= 0.3 is 0 Å². The number of carbonyl (C=O) groups excluding carboxylic acids is 2. The highest BCUT2D eigenvalue weighted by atomic mass is 16.5. The van der Waals surface area contributed by atoms with E-state index in [2.05, 4.69) is 10.2 Å². The predicted molar refractivity (Wildman–Crippen MR) is 119 cm³/mol. The molecule has 0 bridgehead atoms. The molecule has 6 nitrogen and oxygen atoms in total. The molecule has 6 heteroatoms. The normalized spacial score (nSPS) is 19.2. The molecule has 0 radical (unpaired) electrons. The third-order valence-electron chi connectivity index (χ3n) is 6.61. The van der Waals surface area contributed by atoms with Crippen molar-refractivity contribution in [1.82, 2.24) is 4.90 Å². The van der Waals surface area contributed by atoms with Gasteiger partial charge in [0.2, 0.25) is 5.91 Å². The first kappa shape index (κ1) is 21.5. The quantitative estimate of drug-likeness (QED) is 0.717. The summed E-state index contributed by atoms with van der Waals surface area (Å²) >= 11 is 0. The molecule has 0 aromatic heterocycles. The fraction of sp³-hybridized carbons (Fsp3) is 0.440.